The molecule has 0 bridgehead atoms. The second-order valence-corrected chi connectivity index (χ2v) is 9.44. The molecule has 4 rings (SSSR count). The number of sulfonamides is 1. The number of fused-ring (bicyclic) bond motifs is 1. The molecule has 0 spiro atoms. The molecule has 1 aromatic heterocycles. The van der Waals surface area contributed by atoms with Crippen LogP contribution < -0.4 is 19.5 Å². The molecule has 0 aliphatic heterocycles. The molecule has 1 atom stereocenters. The van der Waals surface area contributed by atoms with Crippen molar-refractivity contribution in [2.45, 2.75) is 17.4 Å². The summed E-state index contributed by atoms with van der Waals surface area (Å²) in [6.45, 7) is 0. The maximum atomic E-state index is 13.4. The lowest BCUT2D eigenvalue weighted by Crippen LogP contribution is -2.45. The van der Waals surface area contributed by atoms with E-state index in [1.807, 2.05) is 30.3 Å². The van der Waals surface area contributed by atoms with E-state index in [1.54, 1.807) is 42.5 Å². The van der Waals surface area contributed by atoms with Gasteiger partial charge in [0.2, 0.25) is 15.9 Å². The fourth-order valence-corrected chi connectivity index (χ4v) is 5.10. The third-order valence-corrected chi connectivity index (χ3v) is 6.94. The molecule has 0 saturated heterocycles. The number of carbonyl (C=O) groups excluding carboxylic acids is 1. The Bertz CT molecular complexity index is 1440. The van der Waals surface area contributed by atoms with E-state index in [1.165, 1.54) is 26.5 Å². The van der Waals surface area contributed by atoms with Gasteiger partial charge in [-0.2, -0.15) is 4.72 Å². The summed E-state index contributed by atoms with van der Waals surface area (Å²) < 4.78 is 40.0. The van der Waals surface area contributed by atoms with Crippen LogP contribution in [0.4, 0.5) is 5.69 Å². The van der Waals surface area contributed by atoms with Crippen molar-refractivity contribution in [2.75, 3.05) is 19.5 Å². The van der Waals surface area contributed by atoms with E-state index in [0.717, 1.165) is 5.56 Å². The number of hydrogen-bond donors (Lipinski definition) is 2. The number of aromatic nitrogens is 1. The average Bonchev–Trinajstić information content (AvgIpc) is 2.88. The Labute approximate surface area is 204 Å². The Morgan fingerprint density at radius 2 is 1.66 bits per heavy atom. The summed E-state index contributed by atoms with van der Waals surface area (Å²) in [6, 6.07) is 21.5. The monoisotopic (exact) mass is 491 g/mol. The first-order valence-corrected chi connectivity index (χ1v) is 12.3. The van der Waals surface area contributed by atoms with Crippen molar-refractivity contribution in [3.05, 3.63) is 90.6 Å². The number of hydrogen-bond acceptors (Lipinski definition) is 6. The number of anilines is 1. The highest BCUT2D eigenvalue weighted by atomic mass is 32.2. The van der Waals surface area contributed by atoms with Gasteiger partial charge in [0.25, 0.3) is 0 Å². The highest BCUT2D eigenvalue weighted by Crippen LogP contribution is 2.30. The van der Waals surface area contributed by atoms with Crippen molar-refractivity contribution >= 4 is 32.5 Å². The van der Waals surface area contributed by atoms with Gasteiger partial charge in [-0.1, -0.05) is 48.5 Å². The molecule has 0 saturated carbocycles. The molecule has 0 fully saturated rings. The number of amides is 1. The first-order chi connectivity index (χ1) is 16.9. The molecule has 9 heteroatoms. The highest BCUT2D eigenvalue weighted by molar-refractivity contribution is 7.89. The number of nitrogens with zero attached hydrogens (tertiary/aromatic N) is 1. The molecule has 0 aliphatic carbocycles. The Balaban J connectivity index is 1.65. The van der Waals surface area contributed by atoms with E-state index in [4.69, 9.17) is 9.47 Å². The maximum Gasteiger partial charge on any atom is 0.243 e. The van der Waals surface area contributed by atoms with Crippen molar-refractivity contribution in [3.8, 4) is 11.5 Å². The number of ether oxygens (including phenoxy) is 2. The summed E-state index contributed by atoms with van der Waals surface area (Å²) >= 11 is 0. The van der Waals surface area contributed by atoms with Crippen LogP contribution in [0.5, 0.6) is 11.5 Å². The molecule has 2 N–H and O–H groups in total. The van der Waals surface area contributed by atoms with E-state index >= 15 is 0 Å². The number of benzene rings is 3. The predicted molar refractivity (Wildman–Crippen MR) is 134 cm³/mol. The van der Waals surface area contributed by atoms with E-state index in [0.29, 0.717) is 28.1 Å². The second-order valence-electron chi connectivity index (χ2n) is 7.75. The van der Waals surface area contributed by atoms with Crippen LogP contribution in [0.2, 0.25) is 0 Å². The van der Waals surface area contributed by atoms with Crippen LogP contribution >= 0.6 is 0 Å². The molecule has 3 aromatic carbocycles. The van der Waals surface area contributed by atoms with Gasteiger partial charge in [0.15, 0.2) is 11.5 Å². The van der Waals surface area contributed by atoms with Gasteiger partial charge in [-0.25, -0.2) is 8.42 Å². The van der Waals surface area contributed by atoms with Gasteiger partial charge < -0.3 is 14.8 Å². The van der Waals surface area contributed by atoms with Crippen LogP contribution in [-0.4, -0.2) is 39.6 Å². The Kier molecular flexibility index (Phi) is 7.28. The normalized spacial score (nSPS) is 12.2. The number of rotatable bonds is 9. The van der Waals surface area contributed by atoms with Crippen molar-refractivity contribution in [1.82, 2.24) is 9.71 Å². The quantitative estimate of drug-likeness (QED) is 0.369. The maximum absolute atomic E-state index is 13.4. The zero-order valence-electron chi connectivity index (χ0n) is 19.3. The van der Waals surface area contributed by atoms with Crippen molar-refractivity contribution < 1.29 is 22.7 Å². The average molecular weight is 492 g/mol. The van der Waals surface area contributed by atoms with Crippen LogP contribution in [0.1, 0.15) is 5.56 Å². The molecule has 0 aliphatic rings. The molecule has 0 radical (unpaired) electrons. The molecular weight excluding hydrogens is 466 g/mol. The molecule has 4 aromatic rings. The van der Waals surface area contributed by atoms with Crippen molar-refractivity contribution in [3.63, 3.8) is 0 Å². The third kappa shape index (κ3) is 5.59. The summed E-state index contributed by atoms with van der Waals surface area (Å²) in [5.41, 5.74) is 1.58. The lowest BCUT2D eigenvalue weighted by atomic mass is 10.1. The third-order valence-electron chi connectivity index (χ3n) is 5.43. The zero-order valence-corrected chi connectivity index (χ0v) is 20.1. The second kappa shape index (κ2) is 10.5. The van der Waals surface area contributed by atoms with E-state index in [-0.39, 0.29) is 11.3 Å². The van der Waals surface area contributed by atoms with Crippen LogP contribution in [0.25, 0.3) is 10.9 Å². The Hall–Kier alpha value is -3.95. The van der Waals surface area contributed by atoms with Crippen LogP contribution in [-0.2, 0) is 21.2 Å². The highest BCUT2D eigenvalue weighted by Gasteiger charge is 2.28. The molecule has 0 unspecified atom stereocenters. The van der Waals surface area contributed by atoms with E-state index in [9.17, 15) is 13.2 Å². The summed E-state index contributed by atoms with van der Waals surface area (Å²) in [7, 11) is -1.07. The minimum atomic E-state index is -4.09. The van der Waals surface area contributed by atoms with Crippen molar-refractivity contribution in [2.24, 2.45) is 0 Å². The molecule has 1 heterocycles. The van der Waals surface area contributed by atoms with E-state index < -0.39 is 22.0 Å². The zero-order chi connectivity index (χ0) is 24.8. The molecule has 180 valence electrons. The first kappa shape index (κ1) is 24.2. The minimum absolute atomic E-state index is 0.00702. The Morgan fingerprint density at radius 3 is 2.40 bits per heavy atom. The van der Waals surface area contributed by atoms with Gasteiger partial charge >= 0.3 is 0 Å². The molecule has 35 heavy (non-hydrogen) atoms. The predicted octanol–water partition coefficient (Wildman–Crippen LogP) is 3.78. The van der Waals surface area contributed by atoms with E-state index in [2.05, 4.69) is 15.0 Å². The van der Waals surface area contributed by atoms with Crippen LogP contribution in [0, 0.1) is 0 Å². The number of pyridine rings is 1. The number of para-hydroxylation sites is 1. The standard InChI is InChI=1S/C26H25N3O5S/c1-33-22-14-13-20(17-23(22)34-2)28-26(30)21(16-18-8-4-3-5-9-18)29-35(31,32)24-12-6-10-19-11-7-15-27-25(19)24/h3-15,17,21,29H,16H2,1-2H3,(H,28,30)/t21-/m1/s1. The van der Waals surface area contributed by atoms with Gasteiger partial charge in [-0.05, 0) is 36.2 Å². The molecule has 8 nitrogen and oxygen atoms in total. The summed E-state index contributed by atoms with van der Waals surface area (Å²) in [6.07, 6.45) is 1.68. The first-order valence-electron chi connectivity index (χ1n) is 10.8. The van der Waals surface area contributed by atoms with Crippen molar-refractivity contribution in [1.29, 1.82) is 0 Å². The SMILES string of the molecule is COc1ccc(NC(=O)[C@@H](Cc2ccccc2)NS(=O)(=O)c2cccc3cccnc23)cc1OC. The smallest absolute Gasteiger partial charge is 0.243 e. The van der Waals surface area contributed by atoms with Crippen LogP contribution in [0.15, 0.2) is 90.0 Å². The van der Waals surface area contributed by atoms with Gasteiger partial charge in [-0.15, -0.1) is 0 Å². The van der Waals surface area contributed by atoms with Crippen LogP contribution in [0.3, 0.4) is 0 Å². The molecule has 1 amide bonds. The number of nitrogens with one attached hydrogen (secondary N) is 2. The van der Waals surface area contributed by atoms with Gasteiger partial charge in [0.1, 0.15) is 10.9 Å². The molecular formula is C26H25N3O5S. The Morgan fingerprint density at radius 1 is 0.914 bits per heavy atom. The topological polar surface area (TPSA) is 107 Å². The fraction of sp³-hybridized carbons (Fsp3) is 0.154. The number of carbonyl (C=O) groups is 1. The van der Waals surface area contributed by atoms with Gasteiger partial charge in [-0.3, -0.25) is 9.78 Å². The number of methoxy groups -OCH3 is 2. The lowest BCUT2D eigenvalue weighted by Gasteiger charge is -2.20. The van der Waals surface area contributed by atoms with Gasteiger partial charge in [0, 0.05) is 23.3 Å². The summed E-state index contributed by atoms with van der Waals surface area (Å²) in [5, 5.41) is 3.47. The summed E-state index contributed by atoms with van der Waals surface area (Å²) in [4.78, 5) is 17.6. The fourth-order valence-electron chi connectivity index (χ4n) is 3.72. The lowest BCUT2D eigenvalue weighted by molar-refractivity contribution is -0.117. The minimum Gasteiger partial charge on any atom is -0.493 e. The largest absolute Gasteiger partial charge is 0.493 e. The van der Waals surface area contributed by atoms with Gasteiger partial charge in [0.05, 0.1) is 19.7 Å². The summed E-state index contributed by atoms with van der Waals surface area (Å²) in [5.74, 6) is 0.431.